The van der Waals surface area contributed by atoms with Crippen LogP contribution in [0.4, 0.5) is 15.8 Å². The molecule has 3 aromatic heterocycles. The smallest absolute Gasteiger partial charge is 0.274 e. The van der Waals surface area contributed by atoms with Gasteiger partial charge < -0.3 is 35.2 Å². The number of hydrogen-bond donors (Lipinski definition) is 4. The molecule has 5 aromatic rings. The maximum absolute atomic E-state index is 14.4. The Morgan fingerprint density at radius 2 is 1.77 bits per heavy atom. The predicted molar refractivity (Wildman–Crippen MR) is 240 cm³/mol. The number of halogens is 1. The van der Waals surface area contributed by atoms with Crippen LogP contribution >= 0.6 is 0 Å². The van der Waals surface area contributed by atoms with Gasteiger partial charge in [0.15, 0.2) is 0 Å². The van der Waals surface area contributed by atoms with E-state index in [0.717, 1.165) is 16.9 Å². The largest absolute Gasteiger partial charge is 0.494 e. The number of ether oxygens (including phenoxy) is 2. The molecule has 2 aromatic carbocycles. The molecule has 2 aliphatic heterocycles. The van der Waals surface area contributed by atoms with Crippen LogP contribution in [0.5, 0.6) is 5.75 Å². The minimum absolute atomic E-state index is 0.0520. The first-order chi connectivity index (χ1) is 30.7. The Bertz CT molecular complexity index is 2420. The standard InChI is InChI=1S/C47H57FN10O6/c1-29-27-57(32-16-17-35(41(25-32)63-6)52-44(60)36-10-7-9-33(51-36)34-18-21-49-55-34)24-20-40(29)64-28-42(59)54-43(47(2,3)4)46(62)58-23-8-11-39(58)45(61)53-37(26-48)30-12-14-31(15-13-30)38-19-22-50-56(38)5/h7,9-10,12-19,21-22,25,29,37,39-40,43H,8,11,20,23-24,26-28H2,1-6H3,(H,49,55)(H,52,60)(H,53,61)(H,54,59)/t29-,37+,39-,40+,43+/m0/s1. The zero-order chi connectivity index (χ0) is 45.5. The van der Waals surface area contributed by atoms with Crippen molar-refractivity contribution in [3.63, 3.8) is 0 Å². The molecule has 2 fully saturated rings. The number of nitrogens with zero attached hydrogens (tertiary/aromatic N) is 6. The van der Waals surface area contributed by atoms with Crippen LogP contribution < -0.4 is 25.6 Å². The first kappa shape index (κ1) is 45.4. The lowest BCUT2D eigenvalue weighted by molar-refractivity contribution is -0.145. The number of nitrogens with one attached hydrogen (secondary N) is 4. The SMILES string of the molecule is COc1cc(N2CC[C@@H](OCC(=O)N[C@H](C(=O)N3CCC[C@H]3C(=O)N[C@H](CF)c3ccc(-c4ccnn4C)cc3)C(C)(C)C)[C@@H](C)C2)ccc1NC(=O)c1cccc(-c2ccn[nH]2)n1. The number of aryl methyl sites for hydroxylation is 1. The van der Waals surface area contributed by atoms with Gasteiger partial charge in [-0.2, -0.15) is 10.2 Å². The van der Waals surface area contributed by atoms with Crippen LogP contribution in [-0.4, -0.2) is 112 Å². The summed E-state index contributed by atoms with van der Waals surface area (Å²) in [6, 6.07) is 19.1. The third-order valence-electron chi connectivity index (χ3n) is 12.0. The van der Waals surface area contributed by atoms with E-state index in [4.69, 9.17) is 9.47 Å². The van der Waals surface area contributed by atoms with E-state index in [9.17, 15) is 23.6 Å². The number of benzene rings is 2. The third kappa shape index (κ3) is 10.4. The molecule has 4 N–H and O–H groups in total. The Kier molecular flexibility index (Phi) is 14.1. The Morgan fingerprint density at radius 3 is 2.44 bits per heavy atom. The van der Waals surface area contributed by atoms with Gasteiger partial charge in [0.05, 0.1) is 42.0 Å². The summed E-state index contributed by atoms with van der Waals surface area (Å²) >= 11 is 0. The maximum atomic E-state index is 14.4. The molecule has 0 aliphatic carbocycles. The molecule has 17 heteroatoms. The van der Waals surface area contributed by atoms with E-state index in [-0.39, 0.29) is 36.1 Å². The number of likely N-dealkylation sites (tertiary alicyclic amines) is 1. The molecule has 64 heavy (non-hydrogen) atoms. The highest BCUT2D eigenvalue weighted by molar-refractivity contribution is 6.04. The third-order valence-corrected chi connectivity index (χ3v) is 12.0. The number of amides is 4. The molecular formula is C47H57FN10O6. The van der Waals surface area contributed by atoms with E-state index in [2.05, 4.69) is 48.1 Å². The molecule has 0 saturated carbocycles. The first-order valence-electron chi connectivity index (χ1n) is 21.6. The van der Waals surface area contributed by atoms with Gasteiger partial charge >= 0.3 is 0 Å². The van der Waals surface area contributed by atoms with E-state index >= 15 is 0 Å². The summed E-state index contributed by atoms with van der Waals surface area (Å²) in [5.41, 5.74) is 4.70. The van der Waals surface area contributed by atoms with Gasteiger partial charge in [-0.05, 0) is 78.1 Å². The van der Waals surface area contributed by atoms with Crippen molar-refractivity contribution in [1.29, 1.82) is 0 Å². The van der Waals surface area contributed by atoms with E-state index in [1.807, 2.05) is 58.2 Å². The lowest BCUT2D eigenvalue weighted by Crippen LogP contribution is -2.58. The van der Waals surface area contributed by atoms with Crippen molar-refractivity contribution in [2.24, 2.45) is 18.4 Å². The van der Waals surface area contributed by atoms with Gasteiger partial charge in [0.2, 0.25) is 17.7 Å². The van der Waals surface area contributed by atoms with Gasteiger partial charge in [0, 0.05) is 50.8 Å². The Labute approximate surface area is 372 Å². The summed E-state index contributed by atoms with van der Waals surface area (Å²) in [6.45, 7) is 8.24. The normalized spacial score (nSPS) is 18.6. The highest BCUT2D eigenvalue weighted by Crippen LogP contribution is 2.33. The monoisotopic (exact) mass is 876 g/mol. The van der Waals surface area contributed by atoms with Crippen LogP contribution in [0.1, 0.15) is 69.1 Å². The molecule has 0 radical (unpaired) electrons. The van der Waals surface area contributed by atoms with E-state index in [0.29, 0.717) is 67.3 Å². The van der Waals surface area contributed by atoms with Crippen molar-refractivity contribution in [2.45, 2.75) is 71.2 Å². The number of hydrogen-bond acceptors (Lipinski definition) is 10. The number of carbonyl (C=O) groups is 4. The van der Waals surface area contributed by atoms with Crippen molar-refractivity contribution >= 4 is 35.0 Å². The molecule has 2 aliphatic rings. The van der Waals surface area contributed by atoms with E-state index < -0.39 is 42.0 Å². The number of aromatic nitrogens is 5. The fourth-order valence-corrected chi connectivity index (χ4v) is 8.41. The summed E-state index contributed by atoms with van der Waals surface area (Å²) in [6.07, 6.45) is 4.79. The van der Waals surface area contributed by atoms with Crippen LogP contribution in [0, 0.1) is 11.3 Å². The molecule has 0 bridgehead atoms. The van der Waals surface area contributed by atoms with Crippen molar-refractivity contribution in [3.8, 4) is 28.4 Å². The second kappa shape index (κ2) is 19.8. The lowest BCUT2D eigenvalue weighted by Gasteiger charge is -2.38. The average molecular weight is 877 g/mol. The zero-order valence-electron chi connectivity index (χ0n) is 37.1. The number of methoxy groups -OCH3 is 1. The van der Waals surface area contributed by atoms with Gasteiger partial charge in [0.1, 0.15) is 36.8 Å². The van der Waals surface area contributed by atoms with Gasteiger partial charge in [0.25, 0.3) is 5.91 Å². The van der Waals surface area contributed by atoms with Gasteiger partial charge in [-0.1, -0.05) is 58.0 Å². The van der Waals surface area contributed by atoms with Crippen LogP contribution in [0.3, 0.4) is 0 Å². The van der Waals surface area contributed by atoms with Crippen molar-refractivity contribution in [3.05, 3.63) is 96.4 Å². The van der Waals surface area contributed by atoms with Crippen LogP contribution in [0.25, 0.3) is 22.6 Å². The topological polar surface area (TPSA) is 189 Å². The molecule has 338 valence electrons. The number of H-pyrrole nitrogens is 1. The summed E-state index contributed by atoms with van der Waals surface area (Å²) < 4.78 is 28.0. The molecule has 4 amide bonds. The molecule has 0 spiro atoms. The molecule has 5 atom stereocenters. The second-order valence-electron chi connectivity index (χ2n) is 17.5. The number of rotatable bonds is 15. The van der Waals surface area contributed by atoms with E-state index in [1.54, 1.807) is 66.6 Å². The molecule has 0 unspecified atom stereocenters. The predicted octanol–water partition coefficient (Wildman–Crippen LogP) is 5.71. The number of pyridine rings is 1. The quantitative estimate of drug-likeness (QED) is 0.101. The van der Waals surface area contributed by atoms with Gasteiger partial charge in [-0.15, -0.1) is 0 Å². The molecule has 16 nitrogen and oxygen atoms in total. The van der Waals surface area contributed by atoms with Crippen LogP contribution in [0.2, 0.25) is 0 Å². The average Bonchev–Trinajstić information content (AvgIpc) is 4.10. The fraction of sp³-hybridized carbons (Fsp3) is 0.426. The highest BCUT2D eigenvalue weighted by Gasteiger charge is 2.42. The van der Waals surface area contributed by atoms with E-state index in [1.165, 1.54) is 4.90 Å². The van der Waals surface area contributed by atoms with Gasteiger partial charge in [-0.25, -0.2) is 9.37 Å². The molecule has 2 saturated heterocycles. The zero-order valence-corrected chi connectivity index (χ0v) is 37.1. The number of carbonyl (C=O) groups excluding carboxylic acids is 4. The van der Waals surface area contributed by atoms with Crippen molar-refractivity contribution in [1.82, 2.24) is 40.5 Å². The van der Waals surface area contributed by atoms with Crippen LogP contribution in [0.15, 0.2) is 85.2 Å². The molecular weight excluding hydrogens is 820 g/mol. The number of anilines is 2. The Hall–Kier alpha value is -6.62. The summed E-state index contributed by atoms with van der Waals surface area (Å²) in [5.74, 6) is -1.07. The number of alkyl halides is 1. The first-order valence-corrected chi connectivity index (χ1v) is 21.6. The minimum Gasteiger partial charge on any atom is -0.494 e. The fourth-order valence-electron chi connectivity index (χ4n) is 8.41. The number of piperidine rings is 1. The summed E-state index contributed by atoms with van der Waals surface area (Å²) in [7, 11) is 3.39. The Morgan fingerprint density at radius 1 is 0.969 bits per heavy atom. The Balaban J connectivity index is 0.910. The summed E-state index contributed by atoms with van der Waals surface area (Å²) in [5, 5.41) is 19.7. The molecule has 5 heterocycles. The van der Waals surface area contributed by atoms with Crippen LogP contribution in [-0.2, 0) is 26.2 Å². The maximum Gasteiger partial charge on any atom is 0.274 e. The minimum atomic E-state index is -0.932. The second-order valence-corrected chi connectivity index (χ2v) is 17.5. The highest BCUT2D eigenvalue weighted by atomic mass is 19.1. The lowest BCUT2D eigenvalue weighted by atomic mass is 9.85. The summed E-state index contributed by atoms with van der Waals surface area (Å²) in [4.78, 5) is 62.7. The van der Waals surface area contributed by atoms with Gasteiger partial charge in [-0.3, -0.25) is 29.0 Å². The molecule has 7 rings (SSSR count). The van der Waals surface area contributed by atoms with Crippen molar-refractivity contribution in [2.75, 3.05) is 50.2 Å². The van der Waals surface area contributed by atoms with Crippen molar-refractivity contribution < 1.29 is 33.0 Å². The number of aromatic amines is 1.